The Morgan fingerprint density at radius 3 is 1.89 bits per heavy atom. The lowest BCUT2D eigenvalue weighted by Crippen LogP contribution is -2.64. The van der Waals surface area contributed by atoms with Crippen molar-refractivity contribution in [3.63, 3.8) is 0 Å². The highest BCUT2D eigenvalue weighted by atomic mass is 32.2. The van der Waals surface area contributed by atoms with E-state index in [1.54, 1.807) is 120 Å². The first-order chi connectivity index (χ1) is 57.3. The first-order valence-corrected chi connectivity index (χ1v) is 41.0. The number of benzene rings is 3. The minimum absolute atomic E-state index is 0.00558. The fourth-order valence-electron chi connectivity index (χ4n) is 13.7. The molecule has 2 aliphatic heterocycles. The number of rotatable bonds is 36. The Balaban J connectivity index is 1.36. The molecule has 666 valence electrons. The van der Waals surface area contributed by atoms with Crippen molar-refractivity contribution in [2.75, 3.05) is 39.5 Å². The average Bonchev–Trinajstić information content (AvgIpc) is 1.47. The number of ether oxygens (including phenoxy) is 1. The van der Waals surface area contributed by atoms with E-state index in [-0.39, 0.29) is 45.2 Å². The topological polar surface area (TPSA) is 649 Å². The van der Waals surface area contributed by atoms with E-state index in [1.807, 2.05) is 0 Å². The number of guanidine groups is 1. The van der Waals surface area contributed by atoms with Gasteiger partial charge in [0, 0.05) is 70.0 Å². The maximum Gasteiger partial charge on any atom is 0.325 e. The highest BCUT2D eigenvalue weighted by Crippen LogP contribution is 2.26. The minimum Gasteiger partial charge on any atom is -0.748 e. The number of aromatic nitrogens is 1. The number of hydrogen-bond acceptors (Lipinski definition) is 23. The number of aromatic amines is 1. The molecule has 21 N–H and O–H groups in total. The van der Waals surface area contributed by atoms with Crippen LogP contribution in [-0.4, -0.2) is 275 Å². The monoisotopic (exact) mass is 1720 g/mol. The van der Waals surface area contributed by atoms with Crippen molar-refractivity contribution in [3.05, 3.63) is 108 Å². The van der Waals surface area contributed by atoms with Gasteiger partial charge in [-0.3, -0.25) is 86.9 Å². The Morgan fingerprint density at radius 2 is 1.30 bits per heavy atom. The Morgan fingerprint density at radius 1 is 0.697 bits per heavy atom. The number of fused-ring (bicyclic) bond motifs is 1. The van der Waals surface area contributed by atoms with Crippen LogP contribution in [0.25, 0.3) is 10.9 Å². The van der Waals surface area contributed by atoms with E-state index in [0.29, 0.717) is 50.2 Å². The summed E-state index contributed by atoms with van der Waals surface area (Å²) in [6.07, 6.45) is -5.11. The molecule has 15 atom stereocenters. The largest absolute Gasteiger partial charge is 0.748 e. The van der Waals surface area contributed by atoms with E-state index in [4.69, 9.17) is 27.3 Å². The molecule has 4 aromatic rings. The van der Waals surface area contributed by atoms with Crippen molar-refractivity contribution in [1.82, 2.24) is 83.5 Å². The molecular weight excluding hydrogens is 1610 g/mol. The Labute approximate surface area is 704 Å². The number of likely N-dealkylation sites (tertiary alicyclic amines) is 1. The fraction of sp³-hybridized carbons (Fsp3) is 0.519. The van der Waals surface area contributed by atoms with Crippen molar-refractivity contribution < 1.29 is 104 Å². The van der Waals surface area contributed by atoms with Crippen molar-refractivity contribution in [1.29, 1.82) is 5.41 Å². The van der Waals surface area contributed by atoms with Gasteiger partial charge in [-0.15, -0.1) is 0 Å². The summed E-state index contributed by atoms with van der Waals surface area (Å²) in [5.41, 5.74) is 17.4. The number of carbonyl (C=O) groups is 17. The number of nitrogens with zero attached hydrogens (tertiary/aromatic N) is 3. The fourth-order valence-corrected chi connectivity index (χ4v) is 14.4. The van der Waals surface area contributed by atoms with E-state index >= 15 is 24.0 Å². The van der Waals surface area contributed by atoms with Crippen molar-refractivity contribution >= 4 is 128 Å². The number of nitrogens with one attached hydrogen (secondary N) is 14. The van der Waals surface area contributed by atoms with Gasteiger partial charge in [0.05, 0.1) is 28.4 Å². The van der Waals surface area contributed by atoms with Crippen LogP contribution in [0.1, 0.15) is 117 Å². The molecule has 0 saturated carbocycles. The molecule has 122 heavy (non-hydrogen) atoms. The number of likely N-dealkylation sites (N-methyl/N-ethyl adjacent to an activating group) is 2. The zero-order valence-electron chi connectivity index (χ0n) is 69.4. The van der Waals surface area contributed by atoms with E-state index in [9.17, 15) is 75.6 Å². The number of carbonyl (C=O) groups excluding carboxylic acids is 17. The standard InChI is InChI=1S/C79H112N20O22S/c1-41(2)61(93-71(111)57-28-20-32-99(57)76(116)53(34-46-23-15-12-16-24-46)90-65(105)42(3)86-40-100)72(112)96-64(79(6,7)8)74(114)89-52(35-47-37-85-49-26-18-17-25-48(47)49)67(107)87-50(27-19-31-84-78(82)83)66(106)92-55(39-122(118,119)120)69(109)95-63-44(5)121-60(104)38-97(9)75(115)54(36-59(81)103)91-73(113)62(43(4)101)94-68(108)51(33-45-21-13-11-14-22-45)88-70(110)56(29-30-58(80)102)98(10)77(63)117/h11-18,21-26,37,40-44,50-57,61-64,85,101H,19-20,27-36,38-39H2,1-10H3,(H2,80,102)(H2,81,103)(H,86,100)(H,87,107)(H,88,110)(H,89,114)(H,90,105)(H,91,113)(H,92,106)(H,93,111)(H,94,108)(H,95,109)(H,96,112)(H4,82,83,84)(H,118,119,120)/p-1/t42-,43-,44-,50+,51-,52-,53+,54+,55-,56+,57+,61-,62+,63+,64-/m1/s1. The second-order valence-corrected chi connectivity index (χ2v) is 32.9. The van der Waals surface area contributed by atoms with Crippen LogP contribution in [0.4, 0.5) is 0 Å². The first-order valence-electron chi connectivity index (χ1n) is 39.4. The van der Waals surface area contributed by atoms with Gasteiger partial charge >= 0.3 is 5.97 Å². The van der Waals surface area contributed by atoms with Crippen LogP contribution < -0.4 is 81.0 Å². The summed E-state index contributed by atoms with van der Waals surface area (Å²) in [4.78, 5) is 246. The van der Waals surface area contributed by atoms with Crippen LogP contribution >= 0.6 is 0 Å². The lowest BCUT2D eigenvalue weighted by Gasteiger charge is -2.35. The number of primary amides is 2. The maximum absolute atomic E-state index is 15.3. The van der Waals surface area contributed by atoms with E-state index in [2.05, 4.69) is 68.8 Å². The van der Waals surface area contributed by atoms with Crippen molar-refractivity contribution in [2.24, 2.45) is 28.5 Å². The predicted octanol–water partition coefficient (Wildman–Crippen LogP) is -5.57. The molecule has 3 aromatic carbocycles. The molecule has 0 radical (unpaired) electrons. The van der Waals surface area contributed by atoms with Crippen LogP contribution in [0.15, 0.2) is 91.1 Å². The molecule has 2 aliphatic rings. The van der Waals surface area contributed by atoms with Gasteiger partial charge in [0.25, 0.3) is 0 Å². The predicted molar refractivity (Wildman–Crippen MR) is 437 cm³/mol. The molecule has 2 fully saturated rings. The molecule has 43 heteroatoms. The third-order valence-electron chi connectivity index (χ3n) is 20.3. The van der Waals surface area contributed by atoms with Crippen LogP contribution in [0.3, 0.4) is 0 Å². The quantitative estimate of drug-likeness (QED) is 0.00504. The second kappa shape index (κ2) is 45.1. The molecular formula is C79H111N20O22S-. The van der Waals surface area contributed by atoms with Crippen molar-refractivity contribution in [2.45, 2.75) is 210 Å². The molecule has 6 rings (SSSR count). The number of hydrogen-bond donors (Lipinski definition) is 18. The molecule has 0 unspecified atom stereocenters. The summed E-state index contributed by atoms with van der Waals surface area (Å²) in [7, 11) is -3.74. The number of aliphatic hydroxyl groups excluding tert-OH is 1. The maximum atomic E-state index is 15.3. The zero-order valence-corrected chi connectivity index (χ0v) is 70.2. The number of esters is 1. The summed E-state index contributed by atoms with van der Waals surface area (Å²) in [5.74, 6) is -21.2. The van der Waals surface area contributed by atoms with Gasteiger partial charge in [-0.2, -0.15) is 0 Å². The summed E-state index contributed by atoms with van der Waals surface area (Å²) < 4.78 is 44.5. The van der Waals surface area contributed by atoms with Gasteiger partial charge < -0.3 is 115 Å². The molecule has 0 bridgehead atoms. The summed E-state index contributed by atoms with van der Waals surface area (Å²) in [5, 5.41) is 48.9. The normalized spacial score (nSPS) is 20.4. The average molecular weight is 1720 g/mol. The van der Waals surface area contributed by atoms with Gasteiger partial charge in [-0.1, -0.05) is 113 Å². The van der Waals surface area contributed by atoms with Gasteiger partial charge in [0.2, 0.25) is 95.0 Å². The number of nitrogens with two attached hydrogens (primary N) is 3. The van der Waals surface area contributed by atoms with E-state index < -0.39 is 251 Å². The number of amides is 16. The molecule has 0 aliphatic carbocycles. The number of aliphatic hydroxyl groups is 1. The lowest BCUT2D eigenvalue weighted by molar-refractivity contribution is -0.158. The molecule has 42 nitrogen and oxygen atoms in total. The third kappa shape index (κ3) is 29.4. The Bertz CT molecular complexity index is 4590. The lowest BCUT2D eigenvalue weighted by atomic mass is 9.85. The number of para-hydroxylation sites is 1. The SMILES string of the molecule is CC(C)[C@@H](NC(=O)[C@@H]1CCCN1C(=O)[C@H](Cc1ccccc1)NC(=O)[C@@H](C)NC=O)C(=O)N[C@H](C(=O)N[C@H](Cc1c[nH]c2ccccc12)C(=O)N[C@@H](CCCNC(=N)N)C(=O)N[C@H](CS(=O)(=O)[O-])C(=O)N[C@@H]1C(=O)N(C)[C@@H](CCC(N)=O)C(=O)N[C@H](Cc2ccccc2)C(=O)N[C@@H]([C@@H](C)O)C(=O)N[C@@H](CC(N)=O)C(=O)N(C)CC(=O)O[C@@H]1C)C(C)(C)C. The van der Waals surface area contributed by atoms with Crippen LogP contribution in [0.5, 0.6) is 0 Å². The molecule has 16 amide bonds. The van der Waals surface area contributed by atoms with Crippen LogP contribution in [-0.2, 0) is 116 Å². The Hall–Kier alpha value is -12.7. The van der Waals surface area contributed by atoms with Crippen LogP contribution in [0, 0.1) is 16.7 Å². The van der Waals surface area contributed by atoms with Crippen LogP contribution in [0.2, 0.25) is 0 Å². The molecule has 2 saturated heterocycles. The highest BCUT2D eigenvalue weighted by molar-refractivity contribution is 7.85. The third-order valence-corrected chi connectivity index (χ3v) is 21.1. The van der Waals surface area contributed by atoms with Gasteiger partial charge in [-0.05, 0) is 87.0 Å². The van der Waals surface area contributed by atoms with Crippen molar-refractivity contribution in [3.8, 4) is 0 Å². The molecule has 3 heterocycles. The first kappa shape index (κ1) is 98.2. The molecule has 1 aromatic heterocycles. The summed E-state index contributed by atoms with van der Waals surface area (Å²) in [6.45, 7) is 10.2. The van der Waals surface area contributed by atoms with E-state index in [1.165, 1.54) is 18.0 Å². The van der Waals surface area contributed by atoms with Gasteiger partial charge in [-0.25, -0.2) is 8.42 Å². The van der Waals surface area contributed by atoms with Gasteiger partial charge in [0.15, 0.2) is 5.96 Å². The smallest absolute Gasteiger partial charge is 0.325 e. The minimum atomic E-state index is -5.70. The summed E-state index contributed by atoms with van der Waals surface area (Å²) >= 11 is 0. The highest BCUT2D eigenvalue weighted by Gasteiger charge is 2.45. The van der Waals surface area contributed by atoms with Gasteiger partial charge in [0.1, 0.15) is 91.2 Å². The van der Waals surface area contributed by atoms with E-state index in [0.717, 1.165) is 27.9 Å². The number of cyclic esters (lactones) is 1. The second-order valence-electron chi connectivity index (χ2n) is 31.5. The number of H-pyrrole nitrogens is 1. The Kier molecular flexibility index (Phi) is 36.3. The zero-order chi connectivity index (χ0) is 90.8. The molecule has 0 spiro atoms. The summed E-state index contributed by atoms with van der Waals surface area (Å²) in [6, 6.07) is 0.925.